The van der Waals surface area contributed by atoms with Gasteiger partial charge in [-0.15, -0.1) is 0 Å². The Morgan fingerprint density at radius 3 is 2.12 bits per heavy atom. The average Bonchev–Trinajstić information content (AvgIpc) is 2.70. The maximum absolute atomic E-state index is 13.3. The lowest BCUT2D eigenvalue weighted by atomic mass is 10.1. The molecule has 0 fully saturated rings. The fraction of sp³-hybridized carbons (Fsp3) is 0.208. The van der Waals surface area contributed by atoms with Gasteiger partial charge in [-0.05, 0) is 62.1 Å². The van der Waals surface area contributed by atoms with Crippen LogP contribution in [0.15, 0.2) is 65.6 Å². The van der Waals surface area contributed by atoms with Crippen LogP contribution in [0.4, 0.5) is 5.69 Å². The molecular weight excluding hydrogens is 467 g/mol. The van der Waals surface area contributed by atoms with Gasteiger partial charge in [0.05, 0.1) is 14.9 Å². The van der Waals surface area contributed by atoms with Gasteiger partial charge < -0.3 is 5.32 Å². The van der Waals surface area contributed by atoms with Crippen molar-refractivity contribution in [2.45, 2.75) is 38.1 Å². The van der Waals surface area contributed by atoms with Crippen LogP contribution in [-0.4, -0.2) is 20.4 Å². The molecule has 0 heterocycles. The first kappa shape index (κ1) is 24.3. The third kappa shape index (κ3) is 5.90. The van der Waals surface area contributed by atoms with Gasteiger partial charge in [0.25, 0.3) is 0 Å². The molecule has 0 aliphatic carbocycles. The summed E-state index contributed by atoms with van der Waals surface area (Å²) in [5.74, 6) is -0.502. The SMILES string of the molecule is Cc1cc(C)c(S(=O)(=O)N[C@@H](Cc2ccccc2)C(=O)Nc2ccc(Cl)c(Cl)c2)c(C)c1. The molecule has 168 valence electrons. The molecule has 3 aromatic rings. The van der Waals surface area contributed by atoms with E-state index < -0.39 is 22.0 Å². The standard InChI is InChI=1S/C24H24Cl2N2O3S/c1-15-11-16(2)23(17(3)12-15)32(30,31)28-22(13-18-7-5-4-6-8-18)24(29)27-19-9-10-20(25)21(26)14-19/h4-12,14,22,28H,13H2,1-3H3,(H,27,29)/t22-/m0/s1. The van der Waals surface area contributed by atoms with Crippen LogP contribution >= 0.6 is 23.2 Å². The van der Waals surface area contributed by atoms with Crippen LogP contribution in [0.25, 0.3) is 0 Å². The minimum Gasteiger partial charge on any atom is -0.325 e. The molecule has 0 aromatic heterocycles. The summed E-state index contributed by atoms with van der Waals surface area (Å²) in [6.07, 6.45) is 0.178. The zero-order valence-corrected chi connectivity index (χ0v) is 20.3. The summed E-state index contributed by atoms with van der Waals surface area (Å²) < 4.78 is 29.2. The monoisotopic (exact) mass is 490 g/mol. The number of carbonyl (C=O) groups excluding carboxylic acids is 1. The predicted molar refractivity (Wildman–Crippen MR) is 130 cm³/mol. The van der Waals surface area contributed by atoms with E-state index in [0.717, 1.165) is 11.1 Å². The summed E-state index contributed by atoms with van der Waals surface area (Å²) in [5.41, 5.74) is 3.46. The van der Waals surface area contributed by atoms with Crippen LogP contribution < -0.4 is 10.0 Å². The van der Waals surface area contributed by atoms with Crippen LogP contribution in [0.3, 0.4) is 0 Å². The van der Waals surface area contributed by atoms with E-state index in [-0.39, 0.29) is 16.3 Å². The summed E-state index contributed by atoms with van der Waals surface area (Å²) in [5, 5.41) is 3.38. The fourth-order valence-corrected chi connectivity index (χ4v) is 5.62. The van der Waals surface area contributed by atoms with Crippen LogP contribution in [0.5, 0.6) is 0 Å². The largest absolute Gasteiger partial charge is 0.325 e. The number of halogens is 2. The number of benzene rings is 3. The normalized spacial score (nSPS) is 12.4. The molecule has 2 N–H and O–H groups in total. The van der Waals surface area contributed by atoms with Crippen molar-refractivity contribution in [1.29, 1.82) is 0 Å². The van der Waals surface area contributed by atoms with E-state index in [1.807, 2.05) is 49.4 Å². The number of aryl methyl sites for hydroxylation is 3. The Labute approximate surface area is 198 Å². The van der Waals surface area contributed by atoms with Crippen molar-refractivity contribution in [1.82, 2.24) is 4.72 Å². The number of amides is 1. The van der Waals surface area contributed by atoms with E-state index >= 15 is 0 Å². The molecule has 3 rings (SSSR count). The summed E-state index contributed by atoms with van der Waals surface area (Å²) in [7, 11) is -3.97. The molecule has 0 radical (unpaired) electrons. The topological polar surface area (TPSA) is 75.3 Å². The van der Waals surface area contributed by atoms with Crippen molar-refractivity contribution in [2.75, 3.05) is 5.32 Å². The summed E-state index contributed by atoms with van der Waals surface area (Å²) in [4.78, 5) is 13.3. The fourth-order valence-electron chi connectivity index (χ4n) is 3.68. The summed E-state index contributed by atoms with van der Waals surface area (Å²) >= 11 is 12.0. The average molecular weight is 491 g/mol. The van der Waals surface area contributed by atoms with Gasteiger partial charge in [0.2, 0.25) is 15.9 Å². The number of carbonyl (C=O) groups is 1. The zero-order valence-electron chi connectivity index (χ0n) is 17.9. The van der Waals surface area contributed by atoms with E-state index in [4.69, 9.17) is 23.2 Å². The molecule has 5 nitrogen and oxygen atoms in total. The van der Waals surface area contributed by atoms with Crippen molar-refractivity contribution < 1.29 is 13.2 Å². The molecule has 3 aromatic carbocycles. The maximum atomic E-state index is 13.3. The van der Waals surface area contributed by atoms with Gasteiger partial charge >= 0.3 is 0 Å². The molecular formula is C24H24Cl2N2O3S. The third-order valence-electron chi connectivity index (χ3n) is 4.96. The molecule has 32 heavy (non-hydrogen) atoms. The Kier molecular flexibility index (Phi) is 7.62. The highest BCUT2D eigenvalue weighted by atomic mass is 35.5. The van der Waals surface area contributed by atoms with Crippen LogP contribution in [-0.2, 0) is 21.2 Å². The van der Waals surface area contributed by atoms with Crippen molar-refractivity contribution in [3.05, 3.63) is 93.0 Å². The van der Waals surface area contributed by atoms with E-state index in [1.54, 1.807) is 26.0 Å². The Balaban J connectivity index is 1.93. The quantitative estimate of drug-likeness (QED) is 0.462. The maximum Gasteiger partial charge on any atom is 0.242 e. The highest BCUT2D eigenvalue weighted by Crippen LogP contribution is 2.26. The molecule has 0 saturated carbocycles. The number of hydrogen-bond acceptors (Lipinski definition) is 3. The lowest BCUT2D eigenvalue weighted by Gasteiger charge is -2.21. The molecule has 1 atom stereocenters. The second-order valence-corrected chi connectivity index (χ2v) is 10.2. The predicted octanol–water partition coefficient (Wildman–Crippen LogP) is 5.45. The van der Waals surface area contributed by atoms with Gasteiger partial charge in [-0.3, -0.25) is 4.79 Å². The van der Waals surface area contributed by atoms with Crippen molar-refractivity contribution in [3.63, 3.8) is 0 Å². The van der Waals surface area contributed by atoms with Gasteiger partial charge in [0.1, 0.15) is 6.04 Å². The molecule has 0 saturated heterocycles. The first-order chi connectivity index (χ1) is 15.1. The number of nitrogens with one attached hydrogen (secondary N) is 2. The molecule has 0 bridgehead atoms. The molecule has 1 amide bonds. The minimum atomic E-state index is -3.97. The second-order valence-electron chi connectivity index (χ2n) is 7.71. The smallest absolute Gasteiger partial charge is 0.242 e. The Bertz CT molecular complexity index is 1220. The van der Waals surface area contributed by atoms with Crippen LogP contribution in [0.1, 0.15) is 22.3 Å². The Hall–Kier alpha value is -2.38. The van der Waals surface area contributed by atoms with Gasteiger partial charge in [-0.25, -0.2) is 8.42 Å². The van der Waals surface area contributed by atoms with Crippen molar-refractivity contribution in [3.8, 4) is 0 Å². The molecule has 8 heteroatoms. The highest BCUT2D eigenvalue weighted by molar-refractivity contribution is 7.89. The Morgan fingerprint density at radius 2 is 1.53 bits per heavy atom. The molecule has 0 unspecified atom stereocenters. The minimum absolute atomic E-state index is 0.178. The third-order valence-corrected chi connectivity index (χ3v) is 7.47. The highest BCUT2D eigenvalue weighted by Gasteiger charge is 2.28. The molecule has 0 aliphatic rings. The van der Waals surface area contributed by atoms with Crippen molar-refractivity contribution in [2.24, 2.45) is 0 Å². The van der Waals surface area contributed by atoms with Crippen LogP contribution in [0, 0.1) is 20.8 Å². The number of anilines is 1. The van der Waals surface area contributed by atoms with Gasteiger partial charge in [-0.1, -0.05) is 71.2 Å². The molecule has 0 spiro atoms. The summed E-state index contributed by atoms with van der Waals surface area (Å²) in [6.45, 7) is 5.40. The first-order valence-corrected chi connectivity index (χ1v) is 12.2. The van der Waals surface area contributed by atoms with Crippen LogP contribution in [0.2, 0.25) is 10.0 Å². The number of rotatable bonds is 7. The Morgan fingerprint density at radius 1 is 0.906 bits per heavy atom. The molecule has 0 aliphatic heterocycles. The van der Waals surface area contributed by atoms with Crippen molar-refractivity contribution >= 4 is 44.8 Å². The van der Waals surface area contributed by atoms with Gasteiger partial charge in [-0.2, -0.15) is 4.72 Å². The lowest BCUT2D eigenvalue weighted by molar-refractivity contribution is -0.117. The van der Waals surface area contributed by atoms with E-state index in [9.17, 15) is 13.2 Å². The zero-order chi connectivity index (χ0) is 23.5. The second kappa shape index (κ2) is 10.0. The van der Waals surface area contributed by atoms with E-state index in [1.165, 1.54) is 6.07 Å². The van der Waals surface area contributed by atoms with E-state index in [0.29, 0.717) is 21.8 Å². The number of hydrogen-bond donors (Lipinski definition) is 2. The van der Waals surface area contributed by atoms with E-state index in [2.05, 4.69) is 10.0 Å². The van der Waals surface area contributed by atoms with Gasteiger partial charge in [0, 0.05) is 5.69 Å². The lowest BCUT2D eigenvalue weighted by Crippen LogP contribution is -2.45. The summed E-state index contributed by atoms with van der Waals surface area (Å²) in [6, 6.07) is 16.5. The first-order valence-electron chi connectivity index (χ1n) is 9.97. The number of sulfonamides is 1. The van der Waals surface area contributed by atoms with Gasteiger partial charge in [0.15, 0.2) is 0 Å².